The smallest absolute Gasteiger partial charge is 0.249 e. The average molecular weight is 540 g/mol. The van der Waals surface area contributed by atoms with Crippen molar-refractivity contribution >= 4 is 17.7 Å². The Balaban J connectivity index is 3.52. The number of rotatable bonds is 25. The van der Waals surface area contributed by atoms with Crippen LogP contribution in [0.15, 0.2) is 12.2 Å². The van der Waals surface area contributed by atoms with E-state index in [1.165, 1.54) is 64.2 Å². The predicted molar refractivity (Wildman–Crippen MR) is 155 cm³/mol. The van der Waals surface area contributed by atoms with Crippen LogP contribution < -0.4 is 16.0 Å². The molecular formula is C30H57N3O5. The fourth-order valence-corrected chi connectivity index (χ4v) is 3.91. The van der Waals surface area contributed by atoms with Gasteiger partial charge in [-0.05, 0) is 38.5 Å². The molecule has 222 valence electrons. The fourth-order valence-electron chi connectivity index (χ4n) is 3.91. The lowest BCUT2D eigenvalue weighted by Crippen LogP contribution is -2.46. The van der Waals surface area contributed by atoms with Gasteiger partial charge in [-0.25, -0.2) is 0 Å². The van der Waals surface area contributed by atoms with E-state index in [2.05, 4.69) is 35.0 Å². The monoisotopic (exact) mass is 539 g/mol. The molecule has 1 unspecified atom stereocenters. The number of unbranched alkanes of at least 4 members (excludes halogenated alkanes) is 11. The van der Waals surface area contributed by atoms with Crippen molar-refractivity contribution in [1.29, 1.82) is 0 Å². The number of carbonyl (C=O) groups excluding carboxylic acids is 3. The van der Waals surface area contributed by atoms with E-state index in [0.29, 0.717) is 25.9 Å². The molecule has 8 nitrogen and oxygen atoms in total. The molecule has 38 heavy (non-hydrogen) atoms. The van der Waals surface area contributed by atoms with E-state index in [0.717, 1.165) is 19.3 Å². The Bertz CT molecular complexity index is 652. The molecule has 0 saturated heterocycles. The molecule has 0 aromatic heterocycles. The zero-order valence-electron chi connectivity index (χ0n) is 24.5. The van der Waals surface area contributed by atoms with Gasteiger partial charge in [-0.3, -0.25) is 14.4 Å². The van der Waals surface area contributed by atoms with Crippen LogP contribution in [-0.4, -0.2) is 60.3 Å². The van der Waals surface area contributed by atoms with Crippen LogP contribution in [0.5, 0.6) is 0 Å². The minimum absolute atomic E-state index is 0.0565. The minimum atomic E-state index is -1.34. The van der Waals surface area contributed by atoms with Crippen molar-refractivity contribution in [2.75, 3.05) is 26.2 Å². The molecule has 8 heteroatoms. The highest BCUT2D eigenvalue weighted by atomic mass is 16.3. The van der Waals surface area contributed by atoms with E-state index in [9.17, 15) is 24.6 Å². The van der Waals surface area contributed by atoms with Crippen LogP contribution in [0.1, 0.15) is 124 Å². The predicted octanol–water partition coefficient (Wildman–Crippen LogP) is 4.53. The number of nitrogens with one attached hydrogen (secondary N) is 3. The van der Waals surface area contributed by atoms with Crippen molar-refractivity contribution < 1.29 is 24.6 Å². The number of aliphatic hydroxyl groups excluding tert-OH is 2. The Hall–Kier alpha value is -1.93. The molecule has 0 spiro atoms. The molecule has 0 aliphatic heterocycles. The van der Waals surface area contributed by atoms with Crippen LogP contribution in [0, 0.1) is 5.41 Å². The molecule has 0 aromatic carbocycles. The normalized spacial score (nSPS) is 12.4. The van der Waals surface area contributed by atoms with Gasteiger partial charge in [0.25, 0.3) is 0 Å². The topological polar surface area (TPSA) is 128 Å². The first kappa shape index (κ1) is 36.1. The Morgan fingerprint density at radius 3 is 1.74 bits per heavy atom. The summed E-state index contributed by atoms with van der Waals surface area (Å²) in [6.07, 6.45) is 20.7. The van der Waals surface area contributed by atoms with Crippen molar-refractivity contribution in [2.24, 2.45) is 5.41 Å². The van der Waals surface area contributed by atoms with Crippen LogP contribution in [0.2, 0.25) is 0 Å². The van der Waals surface area contributed by atoms with Crippen LogP contribution >= 0.6 is 0 Å². The Labute approximate surface area is 231 Å². The number of aliphatic hydroxyl groups is 2. The summed E-state index contributed by atoms with van der Waals surface area (Å²) in [5.74, 6) is -0.757. The maximum absolute atomic E-state index is 11.9. The highest BCUT2D eigenvalue weighted by Gasteiger charge is 2.32. The van der Waals surface area contributed by atoms with Gasteiger partial charge in [-0.2, -0.15) is 0 Å². The third-order valence-electron chi connectivity index (χ3n) is 6.71. The second-order valence-electron chi connectivity index (χ2n) is 11.0. The molecule has 0 aromatic rings. The maximum atomic E-state index is 11.9. The summed E-state index contributed by atoms with van der Waals surface area (Å²) in [5, 5.41) is 27.3. The maximum Gasteiger partial charge on any atom is 0.249 e. The van der Waals surface area contributed by atoms with E-state index >= 15 is 0 Å². The lowest BCUT2D eigenvalue weighted by atomic mass is 9.87. The standard InChI is InChI=1S/C30H57N3O5/c1-4-5-6-7-8-9-10-11-12-13-14-15-16-17-18-20-26(35)31-22-19-23-32-27(36)21-24-33-29(38)28(37)30(2,3)25-34/h11-12,28,34,37H,4-10,13-25H2,1-3H3,(H,31,35)(H,32,36)(H,33,38)/b12-11-. The highest BCUT2D eigenvalue weighted by Crippen LogP contribution is 2.19. The van der Waals surface area contributed by atoms with Gasteiger partial charge in [-0.15, -0.1) is 0 Å². The molecule has 0 aliphatic carbocycles. The second-order valence-corrected chi connectivity index (χ2v) is 11.0. The van der Waals surface area contributed by atoms with Gasteiger partial charge in [0.05, 0.1) is 6.61 Å². The molecule has 0 rings (SSSR count). The largest absolute Gasteiger partial charge is 0.396 e. The number of hydrogen-bond donors (Lipinski definition) is 5. The van der Waals surface area contributed by atoms with Crippen molar-refractivity contribution in [2.45, 2.75) is 130 Å². The molecule has 5 N–H and O–H groups in total. The third-order valence-corrected chi connectivity index (χ3v) is 6.71. The second kappa shape index (κ2) is 24.1. The van der Waals surface area contributed by atoms with Crippen molar-refractivity contribution in [3.8, 4) is 0 Å². The van der Waals surface area contributed by atoms with Crippen LogP contribution in [-0.2, 0) is 14.4 Å². The van der Waals surface area contributed by atoms with Crippen LogP contribution in [0.4, 0.5) is 0 Å². The van der Waals surface area contributed by atoms with Gasteiger partial charge < -0.3 is 26.2 Å². The summed E-state index contributed by atoms with van der Waals surface area (Å²) < 4.78 is 0. The SMILES string of the molecule is CCCCCCCC/C=C\CCCCCCCC(=O)NCCCNC(=O)CCNC(=O)C(O)C(C)(C)CO. The van der Waals surface area contributed by atoms with Crippen LogP contribution in [0.25, 0.3) is 0 Å². The van der Waals surface area contributed by atoms with Gasteiger partial charge in [0, 0.05) is 37.9 Å². The molecule has 0 radical (unpaired) electrons. The molecular weight excluding hydrogens is 482 g/mol. The summed E-state index contributed by atoms with van der Waals surface area (Å²) in [7, 11) is 0. The molecule has 0 aliphatic rings. The van der Waals surface area contributed by atoms with Gasteiger partial charge in [0.15, 0.2) is 0 Å². The molecule has 0 heterocycles. The first-order valence-corrected chi connectivity index (χ1v) is 15.0. The van der Waals surface area contributed by atoms with Gasteiger partial charge in [0.1, 0.15) is 6.10 Å². The first-order valence-electron chi connectivity index (χ1n) is 15.0. The van der Waals surface area contributed by atoms with Crippen molar-refractivity contribution in [3.63, 3.8) is 0 Å². The van der Waals surface area contributed by atoms with Gasteiger partial charge in [0.2, 0.25) is 17.7 Å². The average Bonchev–Trinajstić information content (AvgIpc) is 2.90. The third kappa shape index (κ3) is 21.1. The van der Waals surface area contributed by atoms with E-state index in [4.69, 9.17) is 0 Å². The van der Waals surface area contributed by atoms with E-state index in [1.54, 1.807) is 13.8 Å². The van der Waals surface area contributed by atoms with Gasteiger partial charge in [-0.1, -0.05) is 84.3 Å². The van der Waals surface area contributed by atoms with Crippen molar-refractivity contribution in [3.05, 3.63) is 12.2 Å². The Kier molecular flexibility index (Phi) is 22.9. The number of hydrogen-bond acceptors (Lipinski definition) is 5. The zero-order chi connectivity index (χ0) is 28.5. The summed E-state index contributed by atoms with van der Waals surface area (Å²) in [6.45, 7) is 6.17. The number of carbonyl (C=O) groups is 3. The Morgan fingerprint density at radius 1 is 0.684 bits per heavy atom. The van der Waals surface area contributed by atoms with E-state index in [1.807, 2.05) is 0 Å². The molecule has 0 saturated carbocycles. The van der Waals surface area contributed by atoms with Crippen molar-refractivity contribution in [1.82, 2.24) is 16.0 Å². The molecule has 0 fully saturated rings. The van der Waals surface area contributed by atoms with Crippen LogP contribution in [0.3, 0.4) is 0 Å². The summed E-state index contributed by atoms with van der Waals surface area (Å²) in [6, 6.07) is 0. The van der Waals surface area contributed by atoms with E-state index in [-0.39, 0.29) is 31.4 Å². The van der Waals surface area contributed by atoms with Gasteiger partial charge >= 0.3 is 0 Å². The fraction of sp³-hybridized carbons (Fsp3) is 0.833. The zero-order valence-corrected chi connectivity index (χ0v) is 24.5. The summed E-state index contributed by atoms with van der Waals surface area (Å²) in [4.78, 5) is 35.7. The number of amides is 3. The summed E-state index contributed by atoms with van der Waals surface area (Å²) in [5.41, 5.74) is -0.944. The highest BCUT2D eigenvalue weighted by molar-refractivity contribution is 5.82. The Morgan fingerprint density at radius 2 is 1.18 bits per heavy atom. The first-order chi connectivity index (χ1) is 18.2. The lowest BCUT2D eigenvalue weighted by Gasteiger charge is -2.27. The molecule has 3 amide bonds. The van der Waals surface area contributed by atoms with E-state index < -0.39 is 17.4 Å². The molecule has 0 bridgehead atoms. The minimum Gasteiger partial charge on any atom is -0.396 e. The number of allylic oxidation sites excluding steroid dienone is 2. The molecule has 1 atom stereocenters. The summed E-state index contributed by atoms with van der Waals surface area (Å²) >= 11 is 0. The lowest BCUT2D eigenvalue weighted by molar-refractivity contribution is -0.137. The quantitative estimate of drug-likeness (QED) is 0.0860.